The number of hydrogen-bond acceptors (Lipinski definition) is 5. The van der Waals surface area contributed by atoms with Gasteiger partial charge in [-0.05, 0) is 12.0 Å². The van der Waals surface area contributed by atoms with E-state index in [0.717, 1.165) is 4.48 Å². The van der Waals surface area contributed by atoms with Crippen molar-refractivity contribution in [2.45, 2.75) is 6.42 Å². The van der Waals surface area contributed by atoms with Crippen LogP contribution in [0.5, 0.6) is 0 Å². The van der Waals surface area contributed by atoms with E-state index in [9.17, 15) is 9.90 Å². The van der Waals surface area contributed by atoms with Crippen molar-refractivity contribution in [2.24, 2.45) is 0 Å². The van der Waals surface area contributed by atoms with E-state index in [0.29, 0.717) is 26.2 Å². The summed E-state index contributed by atoms with van der Waals surface area (Å²) in [6.45, 7) is 4.42. The molecule has 0 aliphatic rings. The molecule has 6 heteroatoms. The number of nitrogens with zero attached hydrogens (tertiary/aromatic N) is 1. The zero-order chi connectivity index (χ0) is 15.3. The molecule has 0 aliphatic carbocycles. The van der Waals surface area contributed by atoms with Crippen LogP contribution in [0.4, 0.5) is 0 Å². The van der Waals surface area contributed by atoms with E-state index in [-0.39, 0.29) is 18.8 Å². The van der Waals surface area contributed by atoms with Crippen LogP contribution in [0.15, 0.2) is 12.2 Å². The van der Waals surface area contributed by atoms with Crippen molar-refractivity contribution in [1.82, 2.24) is 0 Å². The Morgan fingerprint density at radius 3 is 2.05 bits per heavy atom. The minimum absolute atomic E-state index is 0.00233. The monoisotopic (exact) mass is 277 g/mol. The molecule has 0 saturated heterocycles. The first-order chi connectivity index (χ1) is 8.68. The zero-order valence-electron chi connectivity index (χ0n) is 12.5. The van der Waals surface area contributed by atoms with Gasteiger partial charge < -0.3 is 29.0 Å². The fourth-order valence-electron chi connectivity index (χ4n) is 0.684. The third-order valence-electron chi connectivity index (χ3n) is 1.38. The van der Waals surface area contributed by atoms with Crippen LogP contribution in [-0.2, 0) is 14.3 Å². The minimum Gasteiger partial charge on any atom is -0.545 e. The lowest BCUT2D eigenvalue weighted by molar-refractivity contribution is -0.849. The molecular formula is C13H27NO5. The van der Waals surface area contributed by atoms with Crippen LogP contribution in [0, 0.1) is 0 Å². The van der Waals surface area contributed by atoms with Crippen molar-refractivity contribution in [3.8, 4) is 0 Å². The van der Waals surface area contributed by atoms with E-state index in [2.05, 4.69) is 34.8 Å². The Balaban J connectivity index is 0. The number of ether oxygens (including phenoxy) is 2. The molecule has 1 N–H and O–H groups in total. The third-order valence-corrected chi connectivity index (χ3v) is 1.38. The standard InChI is InChI=1S/C9H16O5.C4H12N/c1-8(9(11)12)7-14-5-2-4-13-6-3-10;1-5(2,3)4/h10H,1-7H2,(H,11,12);1-4H3/q;+1/p-1. The molecule has 0 radical (unpaired) electrons. The van der Waals surface area contributed by atoms with E-state index >= 15 is 0 Å². The van der Waals surface area contributed by atoms with Crippen LogP contribution in [0.2, 0.25) is 0 Å². The molecule has 6 nitrogen and oxygen atoms in total. The van der Waals surface area contributed by atoms with Crippen molar-refractivity contribution >= 4 is 5.97 Å². The highest BCUT2D eigenvalue weighted by atomic mass is 16.5. The summed E-state index contributed by atoms with van der Waals surface area (Å²) in [5.41, 5.74) is -0.0683. The van der Waals surface area contributed by atoms with Gasteiger partial charge in [0.1, 0.15) is 0 Å². The Hall–Kier alpha value is -0.950. The van der Waals surface area contributed by atoms with E-state index in [4.69, 9.17) is 14.6 Å². The number of rotatable bonds is 9. The van der Waals surface area contributed by atoms with E-state index in [1.807, 2.05) is 0 Å². The van der Waals surface area contributed by atoms with Gasteiger partial charge >= 0.3 is 0 Å². The lowest BCUT2D eigenvalue weighted by atomic mass is 10.3. The number of aliphatic hydroxyl groups excluding tert-OH is 1. The zero-order valence-corrected chi connectivity index (χ0v) is 12.5. The maximum Gasteiger partial charge on any atom is 0.0728 e. The summed E-state index contributed by atoms with van der Waals surface area (Å²) in [4.78, 5) is 10.2. The first-order valence-corrected chi connectivity index (χ1v) is 6.13. The minimum atomic E-state index is -1.29. The molecule has 0 aliphatic heterocycles. The number of carbonyl (C=O) groups is 1. The number of carbonyl (C=O) groups excluding carboxylic acids is 1. The van der Waals surface area contributed by atoms with Gasteiger partial charge in [-0.2, -0.15) is 0 Å². The third kappa shape index (κ3) is 26.6. The molecule has 0 rings (SSSR count). The highest BCUT2D eigenvalue weighted by molar-refractivity contribution is 5.84. The van der Waals surface area contributed by atoms with Gasteiger partial charge in [0.05, 0.1) is 54.0 Å². The van der Waals surface area contributed by atoms with E-state index < -0.39 is 5.97 Å². The number of carboxylic acids is 1. The van der Waals surface area contributed by atoms with Crippen LogP contribution in [0.1, 0.15) is 6.42 Å². The summed E-state index contributed by atoms with van der Waals surface area (Å²) in [6, 6.07) is 0. The molecule has 0 heterocycles. The predicted octanol–water partition coefficient (Wildman–Crippen LogP) is -0.969. The van der Waals surface area contributed by atoms with Gasteiger partial charge in [-0.3, -0.25) is 0 Å². The van der Waals surface area contributed by atoms with Crippen LogP contribution in [0.25, 0.3) is 0 Å². The molecule has 0 spiro atoms. The topological polar surface area (TPSA) is 78.8 Å². The summed E-state index contributed by atoms with van der Waals surface area (Å²) in [7, 11) is 8.50. The summed E-state index contributed by atoms with van der Waals surface area (Å²) in [5, 5.41) is 18.5. The van der Waals surface area contributed by atoms with Gasteiger partial charge in [-0.25, -0.2) is 0 Å². The average Bonchev–Trinajstić information content (AvgIpc) is 2.25. The molecular weight excluding hydrogens is 250 g/mol. The lowest BCUT2D eigenvalue weighted by Gasteiger charge is -2.14. The molecule has 0 atom stereocenters. The van der Waals surface area contributed by atoms with Crippen LogP contribution < -0.4 is 5.11 Å². The molecule has 0 bridgehead atoms. The van der Waals surface area contributed by atoms with Crippen molar-refractivity contribution in [3.63, 3.8) is 0 Å². The molecule has 0 unspecified atom stereocenters. The van der Waals surface area contributed by atoms with Crippen molar-refractivity contribution < 1.29 is 29.0 Å². The van der Waals surface area contributed by atoms with Gasteiger partial charge in [0.15, 0.2) is 0 Å². The smallest absolute Gasteiger partial charge is 0.0728 e. The molecule has 0 aromatic rings. The lowest BCUT2D eigenvalue weighted by Crippen LogP contribution is -2.27. The maximum absolute atomic E-state index is 10.2. The molecule has 19 heavy (non-hydrogen) atoms. The fourth-order valence-corrected chi connectivity index (χ4v) is 0.684. The first-order valence-electron chi connectivity index (χ1n) is 6.13. The summed E-state index contributed by atoms with van der Waals surface area (Å²) in [5.74, 6) is -1.29. The summed E-state index contributed by atoms with van der Waals surface area (Å²) < 4.78 is 10.9. The number of hydrogen-bond donors (Lipinski definition) is 1. The van der Waals surface area contributed by atoms with Crippen LogP contribution in [-0.4, -0.2) is 76.8 Å². The second-order valence-electron chi connectivity index (χ2n) is 5.32. The van der Waals surface area contributed by atoms with Gasteiger partial charge in [-0.1, -0.05) is 6.58 Å². The summed E-state index contributed by atoms with van der Waals surface area (Å²) in [6.07, 6.45) is 0.653. The van der Waals surface area contributed by atoms with Crippen LogP contribution >= 0.6 is 0 Å². The fraction of sp³-hybridized carbons (Fsp3) is 0.769. The Morgan fingerprint density at radius 2 is 1.63 bits per heavy atom. The normalized spacial score (nSPS) is 10.6. The van der Waals surface area contributed by atoms with Gasteiger partial charge in [0, 0.05) is 13.2 Å². The largest absolute Gasteiger partial charge is 0.545 e. The molecule has 114 valence electrons. The maximum atomic E-state index is 10.2. The quantitative estimate of drug-likeness (QED) is 0.333. The van der Waals surface area contributed by atoms with Gasteiger partial charge in [0.25, 0.3) is 0 Å². The second-order valence-corrected chi connectivity index (χ2v) is 5.32. The highest BCUT2D eigenvalue weighted by Gasteiger charge is 1.95. The summed E-state index contributed by atoms with van der Waals surface area (Å²) >= 11 is 0. The highest BCUT2D eigenvalue weighted by Crippen LogP contribution is 1.91. The van der Waals surface area contributed by atoms with E-state index in [1.54, 1.807) is 0 Å². The predicted molar refractivity (Wildman–Crippen MR) is 71.4 cm³/mol. The average molecular weight is 277 g/mol. The number of aliphatic carboxylic acids is 1. The Kier molecular flexibility index (Phi) is 13.0. The Morgan fingerprint density at radius 1 is 1.16 bits per heavy atom. The SMILES string of the molecule is C=C(COCCCOCCO)C(=O)[O-].C[N+](C)(C)C. The molecule has 0 saturated carbocycles. The Labute approximate surface area is 115 Å². The molecule has 0 aromatic heterocycles. The molecule has 0 fully saturated rings. The molecule has 0 amide bonds. The second kappa shape index (κ2) is 12.1. The molecule has 0 aromatic carbocycles. The van der Waals surface area contributed by atoms with Crippen molar-refractivity contribution in [2.75, 3.05) is 61.2 Å². The number of aliphatic hydroxyl groups is 1. The van der Waals surface area contributed by atoms with Crippen molar-refractivity contribution in [1.29, 1.82) is 0 Å². The van der Waals surface area contributed by atoms with Gasteiger partial charge in [-0.15, -0.1) is 0 Å². The Bertz CT molecular complexity index is 242. The van der Waals surface area contributed by atoms with Crippen molar-refractivity contribution in [3.05, 3.63) is 12.2 Å². The first kappa shape index (κ1) is 20.4. The number of quaternary nitrogens is 1. The van der Waals surface area contributed by atoms with Gasteiger partial charge in [0.2, 0.25) is 0 Å². The van der Waals surface area contributed by atoms with E-state index in [1.165, 1.54) is 0 Å². The number of carboxylic acid groups (broad SMARTS) is 1. The van der Waals surface area contributed by atoms with Crippen LogP contribution in [0.3, 0.4) is 0 Å².